The molecular weight excluding hydrogens is 336 g/mol. The maximum atomic E-state index is 12.2. The Hall–Kier alpha value is -2.19. The van der Waals surface area contributed by atoms with Gasteiger partial charge in [0.2, 0.25) is 0 Å². The molecule has 8 heteroatoms. The van der Waals surface area contributed by atoms with Gasteiger partial charge in [0.25, 0.3) is 10.0 Å². The Bertz CT molecular complexity index is 803. The highest BCUT2D eigenvalue weighted by Gasteiger charge is 2.16. The van der Waals surface area contributed by atoms with Crippen molar-refractivity contribution in [2.75, 3.05) is 10.5 Å². The minimum absolute atomic E-state index is 0.0268. The van der Waals surface area contributed by atoms with Crippen LogP contribution in [0.25, 0.3) is 0 Å². The van der Waals surface area contributed by atoms with Crippen molar-refractivity contribution in [3.8, 4) is 0 Å². The molecule has 0 aliphatic heterocycles. The standard InChI is InChI=1S/C15H14N2O4S2/c1-11(18)22-10-14(19)12-5-7-13(8-6-12)23(20,21)17-15-4-2-3-9-16-15/h2-9H,10H2,1H3,(H,16,17). The van der Waals surface area contributed by atoms with Crippen molar-refractivity contribution in [1.29, 1.82) is 0 Å². The molecule has 0 saturated heterocycles. The van der Waals surface area contributed by atoms with Gasteiger partial charge in [0, 0.05) is 18.7 Å². The molecule has 0 saturated carbocycles. The number of nitrogens with zero attached hydrogens (tertiary/aromatic N) is 1. The molecule has 2 rings (SSSR count). The fourth-order valence-corrected chi connectivity index (χ4v) is 3.20. The highest BCUT2D eigenvalue weighted by atomic mass is 32.2. The lowest BCUT2D eigenvalue weighted by Gasteiger charge is -2.07. The third kappa shape index (κ3) is 4.90. The number of thioether (sulfide) groups is 1. The lowest BCUT2D eigenvalue weighted by Crippen LogP contribution is -2.14. The molecule has 0 spiro atoms. The second kappa shape index (κ2) is 7.38. The van der Waals surface area contributed by atoms with Crippen molar-refractivity contribution in [1.82, 2.24) is 4.98 Å². The first-order chi connectivity index (χ1) is 10.9. The summed E-state index contributed by atoms with van der Waals surface area (Å²) in [4.78, 5) is 26.6. The van der Waals surface area contributed by atoms with E-state index in [0.29, 0.717) is 5.56 Å². The van der Waals surface area contributed by atoms with Crippen LogP contribution in [-0.4, -0.2) is 30.1 Å². The molecule has 23 heavy (non-hydrogen) atoms. The number of Topliss-reactive ketones (excluding diaryl/α,β-unsaturated/α-hetero) is 1. The predicted molar refractivity (Wildman–Crippen MR) is 89.0 cm³/mol. The fraction of sp³-hybridized carbons (Fsp3) is 0.133. The van der Waals surface area contributed by atoms with Crippen molar-refractivity contribution >= 4 is 38.5 Å². The van der Waals surface area contributed by atoms with Crippen LogP contribution in [0.4, 0.5) is 5.82 Å². The van der Waals surface area contributed by atoms with Gasteiger partial charge in [-0.05, 0) is 24.3 Å². The van der Waals surface area contributed by atoms with E-state index in [9.17, 15) is 18.0 Å². The number of sulfonamides is 1. The number of hydrogen-bond donors (Lipinski definition) is 1. The van der Waals surface area contributed by atoms with Crippen LogP contribution in [0.2, 0.25) is 0 Å². The Balaban J connectivity index is 2.12. The van der Waals surface area contributed by atoms with Gasteiger partial charge < -0.3 is 0 Å². The maximum absolute atomic E-state index is 12.2. The van der Waals surface area contributed by atoms with Gasteiger partial charge in [-0.2, -0.15) is 0 Å². The monoisotopic (exact) mass is 350 g/mol. The van der Waals surface area contributed by atoms with E-state index in [1.165, 1.54) is 43.5 Å². The number of benzene rings is 1. The Labute approximate surface area is 138 Å². The Morgan fingerprint density at radius 3 is 2.39 bits per heavy atom. The van der Waals surface area contributed by atoms with Crippen LogP contribution in [0.15, 0.2) is 53.6 Å². The van der Waals surface area contributed by atoms with Crippen molar-refractivity contribution in [2.24, 2.45) is 0 Å². The summed E-state index contributed by atoms with van der Waals surface area (Å²) in [5, 5.41) is -0.142. The van der Waals surface area contributed by atoms with Crippen molar-refractivity contribution in [3.63, 3.8) is 0 Å². The molecule has 0 aliphatic carbocycles. The largest absolute Gasteiger partial charge is 0.293 e. The number of pyridine rings is 1. The molecule has 2 aromatic rings. The zero-order chi connectivity index (χ0) is 16.9. The Morgan fingerprint density at radius 1 is 1.13 bits per heavy atom. The van der Waals surface area contributed by atoms with E-state index in [4.69, 9.17) is 0 Å². The minimum Gasteiger partial charge on any atom is -0.293 e. The summed E-state index contributed by atoms with van der Waals surface area (Å²) in [6, 6.07) is 10.4. The Kier molecular flexibility index (Phi) is 5.51. The first-order valence-corrected chi connectivity index (χ1v) is 9.06. The molecule has 0 atom stereocenters. The highest BCUT2D eigenvalue weighted by Crippen LogP contribution is 2.16. The average molecular weight is 350 g/mol. The quantitative estimate of drug-likeness (QED) is 0.804. The van der Waals surface area contributed by atoms with Gasteiger partial charge >= 0.3 is 0 Å². The molecule has 1 aromatic heterocycles. The highest BCUT2D eigenvalue weighted by molar-refractivity contribution is 8.14. The summed E-state index contributed by atoms with van der Waals surface area (Å²) in [6.07, 6.45) is 1.48. The van der Waals surface area contributed by atoms with Crippen LogP contribution in [0, 0.1) is 0 Å². The lowest BCUT2D eigenvalue weighted by molar-refractivity contribution is -0.109. The molecule has 0 amide bonds. The van der Waals surface area contributed by atoms with Gasteiger partial charge in [0.15, 0.2) is 10.9 Å². The van der Waals surface area contributed by atoms with E-state index < -0.39 is 10.0 Å². The number of aromatic nitrogens is 1. The first kappa shape index (κ1) is 17.2. The van der Waals surface area contributed by atoms with E-state index in [-0.39, 0.29) is 27.4 Å². The molecule has 0 fully saturated rings. The SMILES string of the molecule is CC(=O)SCC(=O)c1ccc(S(=O)(=O)Nc2ccccn2)cc1. The summed E-state index contributed by atoms with van der Waals surface area (Å²) in [7, 11) is -3.76. The number of ketones is 1. The minimum atomic E-state index is -3.76. The average Bonchev–Trinajstić information content (AvgIpc) is 2.53. The van der Waals surface area contributed by atoms with Gasteiger partial charge in [-0.25, -0.2) is 13.4 Å². The van der Waals surface area contributed by atoms with Crippen LogP contribution in [-0.2, 0) is 14.8 Å². The number of nitrogens with one attached hydrogen (secondary N) is 1. The van der Waals surface area contributed by atoms with Crippen LogP contribution in [0.5, 0.6) is 0 Å². The third-order valence-corrected chi connectivity index (χ3v) is 4.98. The van der Waals surface area contributed by atoms with Crippen molar-refractivity contribution in [3.05, 3.63) is 54.2 Å². The summed E-state index contributed by atoms with van der Waals surface area (Å²) in [6.45, 7) is 1.39. The summed E-state index contributed by atoms with van der Waals surface area (Å²) in [5.41, 5.74) is 0.357. The third-order valence-electron chi connectivity index (χ3n) is 2.80. The van der Waals surface area contributed by atoms with Crippen LogP contribution in [0.3, 0.4) is 0 Å². The first-order valence-electron chi connectivity index (χ1n) is 6.59. The summed E-state index contributed by atoms with van der Waals surface area (Å²) in [5.74, 6) is 0.0190. The fourth-order valence-electron chi connectivity index (χ4n) is 1.69. The van der Waals surface area contributed by atoms with E-state index in [1.807, 2.05) is 0 Å². The lowest BCUT2D eigenvalue weighted by atomic mass is 10.1. The molecule has 0 aliphatic rings. The van der Waals surface area contributed by atoms with Crippen molar-refractivity contribution in [2.45, 2.75) is 11.8 Å². The molecule has 1 N–H and O–H groups in total. The second-order valence-electron chi connectivity index (χ2n) is 4.55. The summed E-state index contributed by atoms with van der Waals surface area (Å²) < 4.78 is 26.8. The zero-order valence-corrected chi connectivity index (χ0v) is 13.9. The molecule has 1 heterocycles. The van der Waals surface area contributed by atoms with E-state index in [2.05, 4.69) is 9.71 Å². The normalized spacial score (nSPS) is 11.0. The molecular formula is C15H14N2O4S2. The second-order valence-corrected chi connectivity index (χ2v) is 7.38. The van der Waals surface area contributed by atoms with Gasteiger partial charge in [-0.15, -0.1) is 0 Å². The number of carbonyl (C=O) groups is 2. The Morgan fingerprint density at radius 2 is 1.83 bits per heavy atom. The van der Waals surface area contributed by atoms with Crippen molar-refractivity contribution < 1.29 is 18.0 Å². The number of anilines is 1. The van der Waals surface area contributed by atoms with Gasteiger partial charge in [-0.1, -0.05) is 30.0 Å². The van der Waals surface area contributed by atoms with Crippen LogP contribution >= 0.6 is 11.8 Å². The van der Waals surface area contributed by atoms with E-state index in [0.717, 1.165) is 11.8 Å². The molecule has 0 unspecified atom stereocenters. The van der Waals surface area contributed by atoms with Crippen LogP contribution < -0.4 is 4.72 Å². The van der Waals surface area contributed by atoms with Crippen LogP contribution in [0.1, 0.15) is 17.3 Å². The predicted octanol–water partition coefficient (Wildman–Crippen LogP) is 2.34. The number of carbonyl (C=O) groups excluding carboxylic acids is 2. The molecule has 6 nitrogen and oxygen atoms in total. The van der Waals surface area contributed by atoms with Gasteiger partial charge in [-0.3, -0.25) is 14.3 Å². The summed E-state index contributed by atoms with van der Waals surface area (Å²) >= 11 is 0.918. The van der Waals surface area contributed by atoms with Gasteiger partial charge in [0.1, 0.15) is 5.82 Å². The van der Waals surface area contributed by atoms with E-state index >= 15 is 0 Å². The zero-order valence-electron chi connectivity index (χ0n) is 12.2. The number of hydrogen-bond acceptors (Lipinski definition) is 6. The molecule has 120 valence electrons. The topological polar surface area (TPSA) is 93.2 Å². The van der Waals surface area contributed by atoms with Gasteiger partial charge in [0.05, 0.1) is 10.6 Å². The molecule has 1 aromatic carbocycles. The molecule has 0 bridgehead atoms. The molecule has 0 radical (unpaired) electrons. The smallest absolute Gasteiger partial charge is 0.263 e. The number of rotatable bonds is 6. The maximum Gasteiger partial charge on any atom is 0.263 e. The van der Waals surface area contributed by atoms with E-state index in [1.54, 1.807) is 12.1 Å².